The van der Waals surface area contributed by atoms with E-state index in [0.29, 0.717) is 22.5 Å². The first-order valence-corrected chi connectivity index (χ1v) is 9.41. The lowest BCUT2D eigenvalue weighted by Gasteiger charge is -2.12. The van der Waals surface area contributed by atoms with Crippen molar-refractivity contribution >= 4 is 57.2 Å². The second-order valence-electron chi connectivity index (χ2n) is 6.48. The number of hydrogen-bond donors (Lipinski definition) is 3. The fraction of sp³-hybridized carbons (Fsp3) is 0.0476. The lowest BCUT2D eigenvalue weighted by Crippen LogP contribution is -2.07. The van der Waals surface area contributed by atoms with Gasteiger partial charge in [-0.1, -0.05) is 24.2 Å². The van der Waals surface area contributed by atoms with Crippen LogP contribution in [0, 0.1) is 0 Å². The lowest BCUT2D eigenvalue weighted by atomic mass is 10.2. The second kappa shape index (κ2) is 8.22. The van der Waals surface area contributed by atoms with Gasteiger partial charge in [0, 0.05) is 35.0 Å². The summed E-state index contributed by atoms with van der Waals surface area (Å²) in [6.07, 6.45) is 4.74. The molecule has 0 atom stereocenters. The average Bonchev–Trinajstić information content (AvgIpc) is 3.13. The summed E-state index contributed by atoms with van der Waals surface area (Å²) in [6, 6.07) is 12.7. The van der Waals surface area contributed by atoms with E-state index in [1.54, 1.807) is 35.1 Å². The van der Waals surface area contributed by atoms with Crippen molar-refractivity contribution in [2.24, 2.45) is 7.05 Å². The van der Waals surface area contributed by atoms with Gasteiger partial charge in [0.2, 0.25) is 11.9 Å². The van der Waals surface area contributed by atoms with Crippen LogP contribution in [-0.2, 0) is 11.8 Å². The Hall–Kier alpha value is -3.91. The molecule has 30 heavy (non-hydrogen) atoms. The highest BCUT2D eigenvalue weighted by Gasteiger charge is 2.11. The van der Waals surface area contributed by atoms with Gasteiger partial charge < -0.3 is 16.0 Å². The zero-order chi connectivity index (χ0) is 21.1. The number of nitrogens with one attached hydrogen (secondary N) is 3. The molecule has 8 nitrogen and oxygen atoms in total. The third-order valence-corrected chi connectivity index (χ3v) is 4.43. The largest absolute Gasteiger partial charge is 0.339 e. The molecule has 0 saturated heterocycles. The molecule has 0 fully saturated rings. The van der Waals surface area contributed by atoms with Gasteiger partial charge >= 0.3 is 0 Å². The van der Waals surface area contributed by atoms with Crippen LogP contribution in [0.4, 0.5) is 28.8 Å². The van der Waals surface area contributed by atoms with E-state index in [4.69, 9.17) is 11.6 Å². The Kier molecular flexibility index (Phi) is 5.32. The standard InChI is InChI=1S/C21H18ClN7O/c1-3-19(30)24-14-5-4-6-15(10-14)25-20-17-9-13(22)7-8-18(17)27-21(28-20)26-16-11-23-29(2)12-16/h3-12H,1H2,2H3,(H,24,30)(H2,25,26,27,28). The molecule has 2 heterocycles. The number of hydrogen-bond acceptors (Lipinski definition) is 6. The Morgan fingerprint density at radius 3 is 2.70 bits per heavy atom. The van der Waals surface area contributed by atoms with Crippen molar-refractivity contribution in [2.45, 2.75) is 0 Å². The van der Waals surface area contributed by atoms with Crippen molar-refractivity contribution in [1.82, 2.24) is 19.7 Å². The molecule has 0 aliphatic rings. The quantitative estimate of drug-likeness (QED) is 0.394. The van der Waals surface area contributed by atoms with Gasteiger partial charge in [-0.2, -0.15) is 10.1 Å². The molecule has 4 rings (SSSR count). The number of aromatic nitrogens is 4. The fourth-order valence-corrected chi connectivity index (χ4v) is 3.04. The molecule has 0 saturated carbocycles. The summed E-state index contributed by atoms with van der Waals surface area (Å²) in [5.74, 6) is 0.701. The molecular weight excluding hydrogens is 402 g/mol. The van der Waals surface area contributed by atoms with Crippen molar-refractivity contribution < 1.29 is 4.79 Å². The number of carbonyl (C=O) groups excluding carboxylic acids is 1. The number of fused-ring (bicyclic) bond motifs is 1. The van der Waals surface area contributed by atoms with Gasteiger partial charge in [-0.15, -0.1) is 0 Å². The van der Waals surface area contributed by atoms with Crippen LogP contribution in [0.25, 0.3) is 10.9 Å². The highest BCUT2D eigenvalue weighted by Crippen LogP contribution is 2.29. The summed E-state index contributed by atoms with van der Waals surface area (Å²) in [7, 11) is 1.83. The molecule has 0 bridgehead atoms. The molecule has 0 aliphatic carbocycles. The normalized spacial score (nSPS) is 10.6. The predicted octanol–water partition coefficient (Wildman–Crippen LogP) is 4.63. The van der Waals surface area contributed by atoms with Gasteiger partial charge in [0.1, 0.15) is 5.82 Å². The minimum absolute atomic E-state index is 0.283. The third-order valence-electron chi connectivity index (χ3n) is 4.20. The van der Waals surface area contributed by atoms with Gasteiger partial charge in [0.05, 0.1) is 17.4 Å². The van der Waals surface area contributed by atoms with Gasteiger partial charge in [0.25, 0.3) is 0 Å². The molecule has 9 heteroatoms. The van der Waals surface area contributed by atoms with Crippen LogP contribution in [0.5, 0.6) is 0 Å². The number of halogens is 1. The molecule has 150 valence electrons. The Balaban J connectivity index is 1.71. The summed E-state index contributed by atoms with van der Waals surface area (Å²) in [6.45, 7) is 3.46. The second-order valence-corrected chi connectivity index (χ2v) is 6.92. The van der Waals surface area contributed by atoms with Crippen LogP contribution in [0.2, 0.25) is 5.02 Å². The van der Waals surface area contributed by atoms with Crippen LogP contribution >= 0.6 is 11.6 Å². The van der Waals surface area contributed by atoms with Crippen molar-refractivity contribution in [1.29, 1.82) is 0 Å². The van der Waals surface area contributed by atoms with E-state index in [2.05, 4.69) is 37.6 Å². The Labute approximate surface area is 177 Å². The highest BCUT2D eigenvalue weighted by molar-refractivity contribution is 6.31. The molecule has 2 aromatic carbocycles. The Bertz CT molecular complexity index is 1250. The van der Waals surface area contributed by atoms with Gasteiger partial charge in [-0.3, -0.25) is 9.48 Å². The van der Waals surface area contributed by atoms with Crippen LogP contribution in [0.15, 0.2) is 67.5 Å². The van der Waals surface area contributed by atoms with Gasteiger partial charge in [-0.25, -0.2) is 4.98 Å². The highest BCUT2D eigenvalue weighted by atomic mass is 35.5. The molecule has 2 aromatic heterocycles. The number of benzene rings is 2. The third kappa shape index (κ3) is 4.39. The van der Waals surface area contributed by atoms with E-state index in [-0.39, 0.29) is 5.91 Å². The van der Waals surface area contributed by atoms with Crippen LogP contribution in [0.1, 0.15) is 0 Å². The minimum atomic E-state index is -0.283. The molecule has 0 unspecified atom stereocenters. The average molecular weight is 420 g/mol. The first-order valence-electron chi connectivity index (χ1n) is 9.03. The maximum absolute atomic E-state index is 11.6. The molecule has 4 aromatic rings. The predicted molar refractivity (Wildman–Crippen MR) is 120 cm³/mol. The lowest BCUT2D eigenvalue weighted by molar-refractivity contribution is -0.111. The maximum atomic E-state index is 11.6. The number of anilines is 5. The van der Waals surface area contributed by atoms with Gasteiger partial charge in [0.15, 0.2) is 0 Å². The molecule has 0 spiro atoms. The number of carbonyl (C=O) groups is 1. The number of rotatable bonds is 6. The first-order chi connectivity index (χ1) is 14.5. The summed E-state index contributed by atoms with van der Waals surface area (Å²) < 4.78 is 1.69. The zero-order valence-electron chi connectivity index (χ0n) is 16.1. The maximum Gasteiger partial charge on any atom is 0.247 e. The Morgan fingerprint density at radius 1 is 1.10 bits per heavy atom. The van der Waals surface area contributed by atoms with E-state index >= 15 is 0 Å². The van der Waals surface area contributed by atoms with E-state index in [1.807, 2.05) is 31.4 Å². The molecule has 1 amide bonds. The molecular formula is C21H18ClN7O. The van der Waals surface area contributed by atoms with Crippen molar-refractivity contribution in [3.05, 3.63) is 72.5 Å². The monoisotopic (exact) mass is 419 g/mol. The molecule has 0 radical (unpaired) electrons. The van der Waals surface area contributed by atoms with Crippen molar-refractivity contribution in [3.63, 3.8) is 0 Å². The van der Waals surface area contributed by atoms with E-state index in [1.165, 1.54) is 6.08 Å². The minimum Gasteiger partial charge on any atom is -0.339 e. The SMILES string of the molecule is C=CC(=O)Nc1cccc(Nc2nc(Nc3cnn(C)c3)nc3ccc(Cl)cc23)c1. The van der Waals surface area contributed by atoms with E-state index in [9.17, 15) is 4.79 Å². The summed E-state index contributed by atoms with van der Waals surface area (Å²) in [5, 5.41) is 14.7. The molecule has 3 N–H and O–H groups in total. The fourth-order valence-electron chi connectivity index (χ4n) is 2.87. The Morgan fingerprint density at radius 2 is 1.93 bits per heavy atom. The molecule has 0 aliphatic heterocycles. The van der Waals surface area contributed by atoms with Crippen molar-refractivity contribution in [2.75, 3.05) is 16.0 Å². The van der Waals surface area contributed by atoms with Crippen molar-refractivity contribution in [3.8, 4) is 0 Å². The summed E-state index contributed by atoms with van der Waals surface area (Å²) in [5.41, 5.74) is 2.87. The zero-order valence-corrected chi connectivity index (χ0v) is 16.8. The number of amides is 1. The first kappa shape index (κ1) is 19.4. The van der Waals surface area contributed by atoms with Crippen LogP contribution in [-0.4, -0.2) is 25.7 Å². The summed E-state index contributed by atoms with van der Waals surface area (Å²) in [4.78, 5) is 20.8. The van der Waals surface area contributed by atoms with Crippen LogP contribution < -0.4 is 16.0 Å². The topological polar surface area (TPSA) is 96.8 Å². The van der Waals surface area contributed by atoms with Gasteiger partial charge in [-0.05, 0) is 42.5 Å². The smallest absolute Gasteiger partial charge is 0.247 e. The van der Waals surface area contributed by atoms with E-state index in [0.717, 1.165) is 22.3 Å². The number of aryl methyl sites for hydroxylation is 1. The van der Waals surface area contributed by atoms with Crippen LogP contribution in [0.3, 0.4) is 0 Å². The summed E-state index contributed by atoms with van der Waals surface area (Å²) >= 11 is 6.20. The number of nitrogens with zero attached hydrogens (tertiary/aromatic N) is 4. The van der Waals surface area contributed by atoms with E-state index < -0.39 is 0 Å².